The average molecular weight is 468 g/mol. The van der Waals surface area contributed by atoms with Gasteiger partial charge >= 0.3 is 0 Å². The fourth-order valence-corrected chi connectivity index (χ4v) is 5.77. The number of nitrogens with zero attached hydrogens (tertiary/aromatic N) is 3. The first-order valence-corrected chi connectivity index (χ1v) is 13.1. The Morgan fingerprint density at radius 3 is 2.33 bits per heavy atom. The van der Waals surface area contributed by atoms with Gasteiger partial charge in [0, 0.05) is 50.7 Å². The summed E-state index contributed by atoms with van der Waals surface area (Å²) in [4.78, 5) is 34.1. The van der Waals surface area contributed by atoms with E-state index in [1.54, 1.807) is 0 Å². The van der Waals surface area contributed by atoms with Crippen LogP contribution in [0.2, 0.25) is 0 Å². The number of ether oxygens (including phenoxy) is 1. The number of carbonyl (C=O) groups excluding carboxylic acids is 2. The van der Waals surface area contributed by atoms with Gasteiger partial charge in [0.1, 0.15) is 10.6 Å². The van der Waals surface area contributed by atoms with E-state index in [9.17, 15) is 9.59 Å². The smallest absolute Gasteiger partial charge is 0.267 e. The quantitative estimate of drug-likeness (QED) is 0.618. The van der Waals surface area contributed by atoms with Crippen LogP contribution in [0.25, 0.3) is 10.4 Å². The summed E-state index contributed by atoms with van der Waals surface area (Å²) in [6.07, 6.45) is 6.00. The standard InChI is InChI=1S/C26H33N3O3S/c30-24(28-11-5-2-6-12-28)19-32-22-17-23(21-7-3-1-4-8-21)33-25(22)26(31)29-15-13-27(14-16-29)18-20-9-10-20/h1,3-4,7-8,17,20H,2,5-6,9-16,18-19H2. The van der Waals surface area contributed by atoms with Gasteiger partial charge in [-0.25, -0.2) is 0 Å². The summed E-state index contributed by atoms with van der Waals surface area (Å²) < 4.78 is 6.01. The van der Waals surface area contributed by atoms with Crippen molar-refractivity contribution in [2.45, 2.75) is 32.1 Å². The molecule has 1 aromatic heterocycles. The normalized spacial score (nSPS) is 19.5. The molecule has 176 valence electrons. The van der Waals surface area contributed by atoms with Crippen molar-refractivity contribution in [3.63, 3.8) is 0 Å². The zero-order chi connectivity index (χ0) is 22.6. The van der Waals surface area contributed by atoms with Crippen molar-refractivity contribution in [1.29, 1.82) is 0 Å². The lowest BCUT2D eigenvalue weighted by Crippen LogP contribution is -2.49. The van der Waals surface area contributed by atoms with Crippen molar-refractivity contribution in [3.8, 4) is 16.2 Å². The molecule has 0 atom stereocenters. The van der Waals surface area contributed by atoms with Crippen LogP contribution in [0, 0.1) is 5.92 Å². The van der Waals surface area contributed by atoms with Crippen LogP contribution in [0.1, 0.15) is 41.8 Å². The van der Waals surface area contributed by atoms with E-state index >= 15 is 0 Å². The molecule has 3 fully saturated rings. The van der Waals surface area contributed by atoms with Gasteiger partial charge in [-0.05, 0) is 49.7 Å². The number of carbonyl (C=O) groups is 2. The first-order chi connectivity index (χ1) is 16.2. The van der Waals surface area contributed by atoms with Crippen LogP contribution in [-0.4, -0.2) is 78.9 Å². The molecule has 1 aliphatic carbocycles. The minimum atomic E-state index is -0.0135. The van der Waals surface area contributed by atoms with Crippen LogP contribution in [0.3, 0.4) is 0 Å². The van der Waals surface area contributed by atoms with Gasteiger partial charge in [0.15, 0.2) is 6.61 Å². The Hall–Kier alpha value is -2.38. The van der Waals surface area contributed by atoms with E-state index in [-0.39, 0.29) is 18.4 Å². The molecule has 0 N–H and O–H groups in total. The predicted octanol–water partition coefficient (Wildman–Crippen LogP) is 3.97. The lowest BCUT2D eigenvalue weighted by atomic mass is 10.1. The summed E-state index contributed by atoms with van der Waals surface area (Å²) in [5.74, 6) is 1.44. The highest BCUT2D eigenvalue weighted by Crippen LogP contribution is 2.37. The molecule has 0 bridgehead atoms. The van der Waals surface area contributed by atoms with Crippen molar-refractivity contribution in [3.05, 3.63) is 41.3 Å². The number of piperazine rings is 1. The van der Waals surface area contributed by atoms with Crippen molar-refractivity contribution in [2.75, 3.05) is 52.4 Å². The van der Waals surface area contributed by atoms with Crippen LogP contribution in [0.5, 0.6) is 5.75 Å². The molecule has 0 unspecified atom stereocenters. The van der Waals surface area contributed by atoms with Crippen molar-refractivity contribution in [2.24, 2.45) is 5.92 Å². The van der Waals surface area contributed by atoms with E-state index in [4.69, 9.17) is 4.74 Å². The van der Waals surface area contributed by atoms with Gasteiger partial charge < -0.3 is 14.5 Å². The van der Waals surface area contributed by atoms with Crippen molar-refractivity contribution < 1.29 is 14.3 Å². The monoisotopic (exact) mass is 467 g/mol. The maximum absolute atomic E-state index is 13.5. The molecule has 3 aliphatic rings. The van der Waals surface area contributed by atoms with Gasteiger partial charge in [-0.3, -0.25) is 14.5 Å². The molecule has 5 rings (SSSR count). The van der Waals surface area contributed by atoms with E-state index in [0.29, 0.717) is 10.6 Å². The highest BCUT2D eigenvalue weighted by Gasteiger charge is 2.30. The third-order valence-corrected chi connectivity index (χ3v) is 8.04. The number of likely N-dealkylation sites (tertiary alicyclic amines) is 1. The zero-order valence-electron chi connectivity index (χ0n) is 19.2. The summed E-state index contributed by atoms with van der Waals surface area (Å²) >= 11 is 1.47. The topological polar surface area (TPSA) is 53.1 Å². The van der Waals surface area contributed by atoms with Gasteiger partial charge in [0.25, 0.3) is 11.8 Å². The molecule has 0 radical (unpaired) electrons. The minimum Gasteiger partial charge on any atom is -0.482 e. The first kappa shape index (κ1) is 22.4. The lowest BCUT2D eigenvalue weighted by Gasteiger charge is -2.34. The van der Waals surface area contributed by atoms with Gasteiger partial charge in [-0.1, -0.05) is 30.3 Å². The van der Waals surface area contributed by atoms with Gasteiger partial charge in [-0.2, -0.15) is 0 Å². The summed E-state index contributed by atoms with van der Waals surface area (Å²) in [7, 11) is 0. The number of hydrogen-bond acceptors (Lipinski definition) is 5. The Kier molecular flexibility index (Phi) is 6.97. The summed E-state index contributed by atoms with van der Waals surface area (Å²) in [5.41, 5.74) is 1.06. The molecular formula is C26H33N3O3S. The fourth-order valence-electron chi connectivity index (χ4n) is 4.69. The lowest BCUT2D eigenvalue weighted by molar-refractivity contribution is -0.134. The molecule has 1 saturated carbocycles. The van der Waals surface area contributed by atoms with E-state index in [1.165, 1.54) is 37.1 Å². The number of thiophene rings is 1. The Bertz CT molecular complexity index is 958. The number of amides is 2. The van der Waals surface area contributed by atoms with Crippen LogP contribution in [0.15, 0.2) is 36.4 Å². The predicted molar refractivity (Wildman–Crippen MR) is 131 cm³/mol. The van der Waals surface area contributed by atoms with Crippen LogP contribution < -0.4 is 4.74 Å². The molecule has 2 saturated heterocycles. The summed E-state index contributed by atoms with van der Waals surface area (Å²) in [6, 6.07) is 12.0. The van der Waals surface area contributed by atoms with Crippen LogP contribution >= 0.6 is 11.3 Å². The largest absolute Gasteiger partial charge is 0.482 e. The highest BCUT2D eigenvalue weighted by atomic mass is 32.1. The minimum absolute atomic E-state index is 0.00857. The third-order valence-electron chi connectivity index (χ3n) is 6.88. The Balaban J connectivity index is 1.29. The second-order valence-electron chi connectivity index (χ2n) is 9.44. The van der Waals surface area contributed by atoms with E-state index in [2.05, 4.69) is 4.90 Å². The molecule has 3 heterocycles. The number of hydrogen-bond donors (Lipinski definition) is 0. The van der Waals surface area contributed by atoms with E-state index in [1.807, 2.05) is 46.2 Å². The SMILES string of the molecule is O=C(COc1cc(-c2ccccc2)sc1C(=O)N1CCN(CC2CC2)CC1)N1CCCCC1. The molecule has 6 nitrogen and oxygen atoms in total. The Labute approximate surface area is 200 Å². The number of rotatable bonds is 7. The summed E-state index contributed by atoms with van der Waals surface area (Å²) in [6.45, 7) is 6.13. The van der Waals surface area contributed by atoms with Gasteiger partial charge in [0.05, 0.1) is 0 Å². The third kappa shape index (κ3) is 5.58. The average Bonchev–Trinajstić information content (AvgIpc) is 3.58. The van der Waals surface area contributed by atoms with Gasteiger partial charge in [-0.15, -0.1) is 11.3 Å². The zero-order valence-corrected chi connectivity index (χ0v) is 20.0. The fraction of sp³-hybridized carbons (Fsp3) is 0.538. The van der Waals surface area contributed by atoms with Crippen LogP contribution in [-0.2, 0) is 4.79 Å². The Morgan fingerprint density at radius 2 is 1.64 bits per heavy atom. The second-order valence-corrected chi connectivity index (χ2v) is 10.5. The molecule has 7 heteroatoms. The highest BCUT2D eigenvalue weighted by molar-refractivity contribution is 7.17. The number of benzene rings is 1. The second kappa shape index (κ2) is 10.3. The maximum atomic E-state index is 13.5. The van der Waals surface area contributed by atoms with Gasteiger partial charge in [0.2, 0.25) is 0 Å². The number of piperidine rings is 1. The maximum Gasteiger partial charge on any atom is 0.267 e. The molecular weight excluding hydrogens is 434 g/mol. The molecule has 2 aromatic rings. The van der Waals surface area contributed by atoms with E-state index < -0.39 is 0 Å². The van der Waals surface area contributed by atoms with Crippen molar-refractivity contribution in [1.82, 2.24) is 14.7 Å². The molecule has 2 amide bonds. The molecule has 2 aliphatic heterocycles. The van der Waals surface area contributed by atoms with E-state index in [0.717, 1.165) is 68.5 Å². The molecule has 0 spiro atoms. The summed E-state index contributed by atoms with van der Waals surface area (Å²) in [5, 5.41) is 0. The molecule has 33 heavy (non-hydrogen) atoms. The molecule has 1 aromatic carbocycles. The van der Waals surface area contributed by atoms with Crippen LogP contribution in [0.4, 0.5) is 0 Å². The first-order valence-electron chi connectivity index (χ1n) is 12.3. The Morgan fingerprint density at radius 1 is 0.909 bits per heavy atom. The van der Waals surface area contributed by atoms with Crippen molar-refractivity contribution >= 4 is 23.2 Å².